The first-order valence-electron chi connectivity index (χ1n) is 6.04. The molecular weight excluding hydrogens is 188 g/mol. The van der Waals surface area contributed by atoms with Gasteiger partial charge in [-0.1, -0.05) is 6.92 Å². The van der Waals surface area contributed by atoms with Crippen LogP contribution in [0.15, 0.2) is 0 Å². The molecule has 88 valence electrons. The Balaban J connectivity index is 2.11. The average molecular weight is 212 g/mol. The Labute approximate surface area is 93.4 Å². The van der Waals surface area contributed by atoms with Crippen molar-refractivity contribution in [3.05, 3.63) is 0 Å². The SMILES string of the molecule is CCC(=O)CCCN1CCC(N(C)C)C1. The lowest BCUT2D eigenvalue weighted by Crippen LogP contribution is -2.31. The predicted octanol–water partition coefficient (Wildman–Crippen LogP) is 1.38. The molecule has 1 fully saturated rings. The van der Waals surface area contributed by atoms with Gasteiger partial charge in [0.25, 0.3) is 0 Å². The van der Waals surface area contributed by atoms with Crippen LogP contribution in [0.3, 0.4) is 0 Å². The van der Waals surface area contributed by atoms with Gasteiger partial charge in [0, 0.05) is 25.4 Å². The highest BCUT2D eigenvalue weighted by molar-refractivity contribution is 5.77. The molecule has 3 nitrogen and oxygen atoms in total. The van der Waals surface area contributed by atoms with Crippen molar-refractivity contribution in [1.29, 1.82) is 0 Å². The second-order valence-electron chi connectivity index (χ2n) is 4.70. The molecule has 1 saturated heterocycles. The standard InChI is InChI=1S/C12H24N2O/c1-4-12(15)6-5-8-14-9-7-11(10-14)13(2)3/h11H,4-10H2,1-3H3. The van der Waals surface area contributed by atoms with Gasteiger partial charge in [-0.2, -0.15) is 0 Å². The maximum Gasteiger partial charge on any atom is 0.132 e. The summed E-state index contributed by atoms with van der Waals surface area (Å²) in [6.45, 7) is 5.41. The summed E-state index contributed by atoms with van der Waals surface area (Å²) < 4.78 is 0. The Kier molecular flexibility index (Phi) is 5.26. The molecule has 0 aromatic rings. The van der Waals surface area contributed by atoms with Gasteiger partial charge in [0.05, 0.1) is 0 Å². The third kappa shape index (κ3) is 4.31. The Morgan fingerprint density at radius 2 is 2.20 bits per heavy atom. The van der Waals surface area contributed by atoms with Crippen molar-refractivity contribution in [1.82, 2.24) is 9.80 Å². The average Bonchev–Trinajstić information content (AvgIpc) is 2.66. The van der Waals surface area contributed by atoms with Crippen LogP contribution >= 0.6 is 0 Å². The molecule has 0 amide bonds. The predicted molar refractivity (Wildman–Crippen MR) is 63.1 cm³/mol. The largest absolute Gasteiger partial charge is 0.305 e. The number of ketones is 1. The first-order valence-corrected chi connectivity index (χ1v) is 6.04. The first-order chi connectivity index (χ1) is 7.13. The minimum atomic E-state index is 0.401. The molecule has 1 atom stereocenters. The van der Waals surface area contributed by atoms with Crippen molar-refractivity contribution in [3.63, 3.8) is 0 Å². The third-order valence-corrected chi connectivity index (χ3v) is 3.30. The van der Waals surface area contributed by atoms with Crippen molar-refractivity contribution in [2.24, 2.45) is 0 Å². The molecule has 0 radical (unpaired) electrons. The fourth-order valence-electron chi connectivity index (χ4n) is 2.11. The van der Waals surface area contributed by atoms with Crippen molar-refractivity contribution < 1.29 is 4.79 Å². The van der Waals surface area contributed by atoms with E-state index in [1.807, 2.05) is 6.92 Å². The minimum absolute atomic E-state index is 0.401. The maximum atomic E-state index is 11.1. The summed E-state index contributed by atoms with van der Waals surface area (Å²) in [4.78, 5) is 15.9. The molecule has 15 heavy (non-hydrogen) atoms. The van der Waals surface area contributed by atoms with Crippen LogP contribution in [0.25, 0.3) is 0 Å². The van der Waals surface area contributed by atoms with Crippen LogP contribution in [0.5, 0.6) is 0 Å². The van der Waals surface area contributed by atoms with E-state index in [-0.39, 0.29) is 0 Å². The molecule has 0 aromatic heterocycles. The van der Waals surface area contributed by atoms with E-state index in [1.165, 1.54) is 19.5 Å². The van der Waals surface area contributed by atoms with E-state index in [0.717, 1.165) is 19.4 Å². The highest BCUT2D eigenvalue weighted by Gasteiger charge is 2.23. The molecule has 0 spiro atoms. The molecule has 0 aliphatic carbocycles. The lowest BCUT2D eigenvalue weighted by molar-refractivity contribution is -0.118. The minimum Gasteiger partial charge on any atom is -0.305 e. The zero-order valence-electron chi connectivity index (χ0n) is 10.3. The fraction of sp³-hybridized carbons (Fsp3) is 0.917. The summed E-state index contributed by atoms with van der Waals surface area (Å²) in [5.74, 6) is 0.401. The number of likely N-dealkylation sites (N-methyl/N-ethyl adjacent to an activating group) is 1. The first kappa shape index (κ1) is 12.7. The van der Waals surface area contributed by atoms with E-state index >= 15 is 0 Å². The molecule has 1 aliphatic heterocycles. The number of hydrogen-bond acceptors (Lipinski definition) is 3. The molecular formula is C12H24N2O. The van der Waals surface area contributed by atoms with Gasteiger partial charge in [-0.3, -0.25) is 4.79 Å². The highest BCUT2D eigenvalue weighted by Crippen LogP contribution is 2.13. The van der Waals surface area contributed by atoms with Gasteiger partial charge in [-0.05, 0) is 40.0 Å². The van der Waals surface area contributed by atoms with Crippen molar-refractivity contribution >= 4 is 5.78 Å². The summed E-state index contributed by atoms with van der Waals surface area (Å²) in [6.07, 6.45) is 3.77. The van der Waals surface area contributed by atoms with Crippen LogP contribution < -0.4 is 0 Å². The van der Waals surface area contributed by atoms with E-state index in [1.54, 1.807) is 0 Å². The lowest BCUT2D eigenvalue weighted by Gasteiger charge is -2.20. The molecule has 1 unspecified atom stereocenters. The molecule has 1 heterocycles. The monoisotopic (exact) mass is 212 g/mol. The summed E-state index contributed by atoms with van der Waals surface area (Å²) in [6, 6.07) is 0.715. The van der Waals surface area contributed by atoms with Crippen LogP contribution in [0.2, 0.25) is 0 Å². The van der Waals surface area contributed by atoms with Crippen LogP contribution in [0.1, 0.15) is 32.6 Å². The van der Waals surface area contributed by atoms with Crippen LogP contribution in [-0.2, 0) is 4.79 Å². The third-order valence-electron chi connectivity index (χ3n) is 3.30. The van der Waals surface area contributed by atoms with E-state index in [2.05, 4.69) is 23.9 Å². The molecule has 1 rings (SSSR count). The number of likely N-dealkylation sites (tertiary alicyclic amines) is 1. The molecule has 0 N–H and O–H groups in total. The molecule has 0 bridgehead atoms. The Bertz CT molecular complexity index is 204. The van der Waals surface area contributed by atoms with Gasteiger partial charge in [0.1, 0.15) is 5.78 Å². The van der Waals surface area contributed by atoms with E-state index in [0.29, 0.717) is 18.2 Å². The van der Waals surface area contributed by atoms with Gasteiger partial charge < -0.3 is 9.80 Å². The summed E-state index contributed by atoms with van der Waals surface area (Å²) in [5.41, 5.74) is 0. The number of carbonyl (C=O) groups is 1. The summed E-state index contributed by atoms with van der Waals surface area (Å²) in [5, 5.41) is 0. The van der Waals surface area contributed by atoms with Crippen molar-refractivity contribution in [2.45, 2.75) is 38.6 Å². The Morgan fingerprint density at radius 3 is 2.73 bits per heavy atom. The lowest BCUT2D eigenvalue weighted by atomic mass is 10.2. The Hall–Kier alpha value is -0.410. The molecule has 3 heteroatoms. The normalized spacial score (nSPS) is 22.5. The van der Waals surface area contributed by atoms with Crippen LogP contribution in [0, 0.1) is 0 Å². The molecule has 1 aliphatic rings. The summed E-state index contributed by atoms with van der Waals surface area (Å²) in [7, 11) is 4.30. The topological polar surface area (TPSA) is 23.6 Å². The van der Waals surface area contributed by atoms with Crippen LogP contribution in [0.4, 0.5) is 0 Å². The zero-order valence-corrected chi connectivity index (χ0v) is 10.3. The van der Waals surface area contributed by atoms with Crippen molar-refractivity contribution in [2.75, 3.05) is 33.7 Å². The smallest absolute Gasteiger partial charge is 0.132 e. The number of nitrogens with zero attached hydrogens (tertiary/aromatic N) is 2. The summed E-state index contributed by atoms with van der Waals surface area (Å²) >= 11 is 0. The second-order valence-corrected chi connectivity index (χ2v) is 4.70. The fourth-order valence-corrected chi connectivity index (χ4v) is 2.11. The quantitative estimate of drug-likeness (QED) is 0.664. The van der Waals surface area contributed by atoms with Crippen LogP contribution in [-0.4, -0.2) is 55.4 Å². The maximum absolute atomic E-state index is 11.1. The van der Waals surface area contributed by atoms with E-state index < -0.39 is 0 Å². The number of Topliss-reactive ketones (excluding diaryl/α,β-unsaturated/α-hetero) is 1. The Morgan fingerprint density at radius 1 is 1.47 bits per heavy atom. The van der Waals surface area contributed by atoms with Gasteiger partial charge in [0.2, 0.25) is 0 Å². The second kappa shape index (κ2) is 6.23. The molecule has 0 aromatic carbocycles. The number of rotatable bonds is 6. The molecule has 0 saturated carbocycles. The van der Waals surface area contributed by atoms with Gasteiger partial charge in [-0.25, -0.2) is 0 Å². The van der Waals surface area contributed by atoms with E-state index in [4.69, 9.17) is 0 Å². The zero-order chi connectivity index (χ0) is 11.3. The highest BCUT2D eigenvalue weighted by atomic mass is 16.1. The van der Waals surface area contributed by atoms with E-state index in [9.17, 15) is 4.79 Å². The van der Waals surface area contributed by atoms with Crippen molar-refractivity contribution in [3.8, 4) is 0 Å². The number of hydrogen-bond donors (Lipinski definition) is 0. The number of carbonyl (C=O) groups excluding carboxylic acids is 1. The van der Waals surface area contributed by atoms with Gasteiger partial charge in [-0.15, -0.1) is 0 Å². The van der Waals surface area contributed by atoms with Gasteiger partial charge in [0.15, 0.2) is 0 Å². The van der Waals surface area contributed by atoms with Gasteiger partial charge >= 0.3 is 0 Å².